The Labute approximate surface area is 129 Å². The predicted octanol–water partition coefficient (Wildman–Crippen LogP) is 2.87. The predicted molar refractivity (Wildman–Crippen MR) is 83.7 cm³/mol. The molecule has 0 bridgehead atoms. The molecule has 4 nitrogen and oxygen atoms in total. The molecule has 0 N–H and O–H groups in total. The van der Waals surface area contributed by atoms with Gasteiger partial charge in [-0.2, -0.15) is 0 Å². The molecule has 1 fully saturated rings. The molecule has 0 spiro atoms. The molecule has 0 saturated heterocycles. The molecule has 1 aliphatic rings. The van der Waals surface area contributed by atoms with Gasteiger partial charge in [0, 0.05) is 30.4 Å². The maximum atomic E-state index is 11.4. The van der Waals surface area contributed by atoms with Crippen molar-refractivity contribution >= 4 is 26.0 Å². The summed E-state index contributed by atoms with van der Waals surface area (Å²) in [6.07, 6.45) is 2.84. The van der Waals surface area contributed by atoms with Crippen LogP contribution >= 0.6 is 15.9 Å². The molecule has 112 valence electrons. The summed E-state index contributed by atoms with van der Waals surface area (Å²) in [7, 11) is -1.48. The van der Waals surface area contributed by atoms with Gasteiger partial charge < -0.3 is 4.74 Å². The van der Waals surface area contributed by atoms with Gasteiger partial charge in [0.15, 0.2) is 0 Å². The van der Waals surface area contributed by atoms with Crippen LogP contribution in [0.1, 0.15) is 24.0 Å². The van der Waals surface area contributed by atoms with Gasteiger partial charge in [0.2, 0.25) is 10.0 Å². The van der Waals surface area contributed by atoms with E-state index >= 15 is 0 Å². The first-order valence-corrected chi connectivity index (χ1v) is 9.19. The van der Waals surface area contributed by atoms with Crippen molar-refractivity contribution in [2.45, 2.75) is 38.8 Å². The first-order valence-electron chi connectivity index (χ1n) is 6.55. The highest BCUT2D eigenvalue weighted by atomic mass is 79.9. The van der Waals surface area contributed by atoms with Crippen LogP contribution in [0.4, 0.5) is 0 Å². The van der Waals surface area contributed by atoms with Crippen LogP contribution in [-0.2, 0) is 10.0 Å². The summed E-state index contributed by atoms with van der Waals surface area (Å²) in [5.74, 6) is 0.855. The van der Waals surface area contributed by atoms with E-state index in [0.29, 0.717) is 0 Å². The lowest BCUT2D eigenvalue weighted by Gasteiger charge is -2.39. The number of sulfonamides is 1. The average Bonchev–Trinajstić information content (AvgIpc) is 2.28. The van der Waals surface area contributed by atoms with E-state index in [1.807, 2.05) is 26.0 Å². The van der Waals surface area contributed by atoms with Crippen molar-refractivity contribution in [2.24, 2.45) is 0 Å². The molecule has 0 amide bonds. The summed E-state index contributed by atoms with van der Waals surface area (Å²) < 4.78 is 31.3. The van der Waals surface area contributed by atoms with Crippen LogP contribution in [0.3, 0.4) is 0 Å². The van der Waals surface area contributed by atoms with Gasteiger partial charge in [-0.3, -0.25) is 0 Å². The minimum absolute atomic E-state index is 0.0626. The Kier molecular flexibility index (Phi) is 4.47. The van der Waals surface area contributed by atoms with E-state index in [-0.39, 0.29) is 12.1 Å². The minimum Gasteiger partial charge on any atom is -0.490 e. The maximum absolute atomic E-state index is 11.4. The normalized spacial score (nSPS) is 22.7. The molecular weight excluding hydrogens is 342 g/mol. The van der Waals surface area contributed by atoms with Crippen molar-refractivity contribution in [3.8, 4) is 5.75 Å². The Bertz CT molecular complexity index is 586. The molecule has 0 unspecified atom stereocenters. The fourth-order valence-corrected chi connectivity index (χ4v) is 3.31. The molecule has 1 aromatic carbocycles. The lowest BCUT2D eigenvalue weighted by atomic mass is 9.89. The van der Waals surface area contributed by atoms with Gasteiger partial charge in [0.05, 0.1) is 6.26 Å². The molecule has 20 heavy (non-hydrogen) atoms. The van der Waals surface area contributed by atoms with E-state index in [2.05, 4.69) is 15.9 Å². The third-order valence-electron chi connectivity index (χ3n) is 3.82. The quantitative estimate of drug-likeness (QED) is 0.828. The van der Waals surface area contributed by atoms with Gasteiger partial charge >= 0.3 is 0 Å². The van der Waals surface area contributed by atoms with Crippen molar-refractivity contribution in [1.29, 1.82) is 0 Å². The van der Waals surface area contributed by atoms with Crippen LogP contribution < -0.4 is 4.74 Å². The first-order chi connectivity index (χ1) is 9.18. The monoisotopic (exact) mass is 361 g/mol. The molecule has 0 aromatic heterocycles. The number of halogens is 1. The Morgan fingerprint density at radius 3 is 2.20 bits per heavy atom. The van der Waals surface area contributed by atoms with Crippen molar-refractivity contribution in [1.82, 2.24) is 4.31 Å². The molecule has 0 aliphatic heterocycles. The van der Waals surface area contributed by atoms with Crippen molar-refractivity contribution in [3.05, 3.63) is 27.7 Å². The van der Waals surface area contributed by atoms with E-state index in [4.69, 9.17) is 4.74 Å². The van der Waals surface area contributed by atoms with E-state index in [1.54, 1.807) is 7.05 Å². The van der Waals surface area contributed by atoms with E-state index in [0.717, 1.165) is 34.2 Å². The zero-order valence-corrected chi connectivity index (χ0v) is 14.6. The number of benzene rings is 1. The number of rotatable bonds is 4. The van der Waals surface area contributed by atoms with Gasteiger partial charge in [-0.15, -0.1) is 0 Å². The number of hydrogen-bond acceptors (Lipinski definition) is 3. The second-order valence-electron chi connectivity index (χ2n) is 5.52. The maximum Gasteiger partial charge on any atom is 0.211 e. The van der Waals surface area contributed by atoms with Crippen molar-refractivity contribution < 1.29 is 13.2 Å². The smallest absolute Gasteiger partial charge is 0.211 e. The summed E-state index contributed by atoms with van der Waals surface area (Å²) in [6, 6.07) is 4.07. The van der Waals surface area contributed by atoms with Crippen molar-refractivity contribution in [3.63, 3.8) is 0 Å². The minimum atomic E-state index is -3.11. The van der Waals surface area contributed by atoms with Crippen LogP contribution in [-0.4, -0.2) is 38.2 Å². The fourth-order valence-electron chi connectivity index (χ4n) is 2.37. The van der Waals surface area contributed by atoms with Gasteiger partial charge in [-0.1, -0.05) is 15.9 Å². The molecule has 0 atom stereocenters. The van der Waals surface area contributed by atoms with Gasteiger partial charge in [-0.05, 0) is 37.1 Å². The Balaban J connectivity index is 1.95. The molecule has 1 saturated carbocycles. The zero-order valence-electron chi connectivity index (χ0n) is 12.2. The summed E-state index contributed by atoms with van der Waals surface area (Å²) >= 11 is 3.53. The van der Waals surface area contributed by atoms with E-state index in [9.17, 15) is 8.42 Å². The van der Waals surface area contributed by atoms with Gasteiger partial charge in [0.1, 0.15) is 11.9 Å². The molecule has 1 aromatic rings. The summed E-state index contributed by atoms with van der Waals surface area (Å²) in [6.45, 7) is 4.07. The number of aryl methyl sites for hydroxylation is 2. The fraction of sp³-hybridized carbons (Fsp3) is 0.571. The first kappa shape index (κ1) is 15.8. The summed E-state index contributed by atoms with van der Waals surface area (Å²) in [4.78, 5) is 0. The third kappa shape index (κ3) is 3.35. The molecule has 0 heterocycles. The zero-order chi connectivity index (χ0) is 15.1. The number of nitrogens with zero attached hydrogens (tertiary/aromatic N) is 1. The lowest BCUT2D eigenvalue weighted by molar-refractivity contribution is 0.0599. The SMILES string of the molecule is Cc1cc(OC2CC(N(C)S(C)(=O)=O)C2)cc(C)c1Br. The standard InChI is InChI=1S/C14H20BrNO3S/c1-9-5-12(6-10(2)14(9)15)19-13-7-11(8-13)16(3)20(4,17)18/h5-6,11,13H,7-8H2,1-4H3. The highest BCUT2D eigenvalue weighted by Gasteiger charge is 2.37. The largest absolute Gasteiger partial charge is 0.490 e. The average molecular weight is 362 g/mol. The Morgan fingerprint density at radius 1 is 1.25 bits per heavy atom. The van der Waals surface area contributed by atoms with Crippen LogP contribution in [0.15, 0.2) is 16.6 Å². The van der Waals surface area contributed by atoms with Crippen LogP contribution in [0.2, 0.25) is 0 Å². The molecule has 0 radical (unpaired) electrons. The molecular formula is C14H20BrNO3S. The lowest BCUT2D eigenvalue weighted by Crippen LogP contribution is -2.49. The number of hydrogen-bond donors (Lipinski definition) is 0. The van der Waals surface area contributed by atoms with Crippen LogP contribution in [0, 0.1) is 13.8 Å². The molecule has 1 aliphatic carbocycles. The summed E-state index contributed by atoms with van der Waals surface area (Å²) in [5.41, 5.74) is 2.29. The van der Waals surface area contributed by atoms with Gasteiger partial charge in [-0.25, -0.2) is 12.7 Å². The van der Waals surface area contributed by atoms with Crippen LogP contribution in [0.25, 0.3) is 0 Å². The topological polar surface area (TPSA) is 46.6 Å². The number of ether oxygens (including phenoxy) is 1. The molecule has 6 heteroatoms. The summed E-state index contributed by atoms with van der Waals surface area (Å²) in [5, 5.41) is 0. The Hall–Kier alpha value is -0.590. The third-order valence-corrected chi connectivity index (χ3v) is 6.42. The second kappa shape index (κ2) is 5.66. The van der Waals surface area contributed by atoms with E-state index < -0.39 is 10.0 Å². The van der Waals surface area contributed by atoms with Gasteiger partial charge in [0.25, 0.3) is 0 Å². The molecule has 2 rings (SSSR count). The van der Waals surface area contributed by atoms with E-state index in [1.165, 1.54) is 10.6 Å². The highest BCUT2D eigenvalue weighted by molar-refractivity contribution is 9.10. The Morgan fingerprint density at radius 2 is 1.75 bits per heavy atom. The van der Waals surface area contributed by atoms with Crippen molar-refractivity contribution in [2.75, 3.05) is 13.3 Å². The highest BCUT2D eigenvalue weighted by Crippen LogP contribution is 2.32. The van der Waals surface area contributed by atoms with Crippen LogP contribution in [0.5, 0.6) is 5.75 Å². The second-order valence-corrected chi connectivity index (χ2v) is 8.35.